The first-order valence-corrected chi connectivity index (χ1v) is 8.81. The summed E-state index contributed by atoms with van der Waals surface area (Å²) < 4.78 is 17.2. The highest BCUT2D eigenvalue weighted by Crippen LogP contribution is 2.38. The van der Waals surface area contributed by atoms with Crippen LogP contribution >= 0.6 is 12.2 Å². The number of carbonyl (C=O) groups excluding carboxylic acids is 1. The van der Waals surface area contributed by atoms with E-state index in [4.69, 9.17) is 32.2 Å². The van der Waals surface area contributed by atoms with E-state index in [2.05, 4.69) is 10.1 Å². The average molecular weight is 414 g/mol. The SMILES string of the molecule is COc1cc(/C=N\n2c(=S)[nH]c3ccccc3c2=O)cc(OC)c1OCC(N)=O. The highest BCUT2D eigenvalue weighted by atomic mass is 32.1. The number of H-pyrrole nitrogens is 1. The maximum Gasteiger partial charge on any atom is 0.282 e. The molecule has 1 aromatic heterocycles. The number of carbonyl (C=O) groups is 1. The second kappa shape index (κ2) is 8.57. The minimum atomic E-state index is -0.635. The van der Waals surface area contributed by atoms with Gasteiger partial charge in [0.1, 0.15) is 0 Å². The number of nitrogens with two attached hydrogens (primary N) is 1. The highest BCUT2D eigenvalue weighted by Gasteiger charge is 2.15. The summed E-state index contributed by atoms with van der Waals surface area (Å²) in [4.78, 5) is 26.6. The third-order valence-corrected chi connectivity index (χ3v) is 4.22. The van der Waals surface area contributed by atoms with E-state index in [1.165, 1.54) is 20.4 Å². The summed E-state index contributed by atoms with van der Waals surface area (Å²) in [5.41, 5.74) is 5.96. The molecule has 0 bridgehead atoms. The van der Waals surface area contributed by atoms with Gasteiger partial charge in [-0.3, -0.25) is 9.59 Å². The smallest absolute Gasteiger partial charge is 0.282 e. The van der Waals surface area contributed by atoms with Gasteiger partial charge in [-0.15, -0.1) is 0 Å². The van der Waals surface area contributed by atoms with Crippen molar-refractivity contribution in [3.63, 3.8) is 0 Å². The number of methoxy groups -OCH3 is 2. The van der Waals surface area contributed by atoms with Gasteiger partial charge in [0.15, 0.2) is 18.1 Å². The van der Waals surface area contributed by atoms with Gasteiger partial charge in [0, 0.05) is 5.56 Å². The van der Waals surface area contributed by atoms with Gasteiger partial charge in [0.05, 0.1) is 31.3 Å². The summed E-state index contributed by atoms with van der Waals surface area (Å²) >= 11 is 5.24. The van der Waals surface area contributed by atoms with Crippen molar-refractivity contribution in [2.75, 3.05) is 20.8 Å². The van der Waals surface area contributed by atoms with Gasteiger partial charge in [-0.1, -0.05) is 12.1 Å². The van der Waals surface area contributed by atoms with E-state index in [1.807, 2.05) is 0 Å². The normalized spacial score (nSPS) is 11.0. The third-order valence-electron chi connectivity index (χ3n) is 3.95. The van der Waals surface area contributed by atoms with E-state index in [-0.39, 0.29) is 22.7 Å². The Hall–Kier alpha value is -3.66. The summed E-state index contributed by atoms with van der Waals surface area (Å²) in [6.45, 7) is -0.332. The quantitative estimate of drug-likeness (QED) is 0.449. The standard InChI is InChI=1S/C19H18N4O5S/c1-26-14-7-11(8-15(27-2)17(14)28-10-16(20)24)9-21-23-18(25)12-5-3-4-6-13(12)22-19(23)29/h3-9H,10H2,1-2H3,(H2,20,24)(H,22,29)/b21-9-. The van der Waals surface area contributed by atoms with E-state index in [9.17, 15) is 9.59 Å². The number of aromatic amines is 1. The molecule has 0 radical (unpaired) electrons. The van der Waals surface area contributed by atoms with E-state index in [0.29, 0.717) is 28.0 Å². The first kappa shape index (κ1) is 20.1. The minimum Gasteiger partial charge on any atom is -0.493 e. The van der Waals surface area contributed by atoms with Crippen molar-refractivity contribution in [2.45, 2.75) is 0 Å². The van der Waals surface area contributed by atoms with Crippen LogP contribution in [0, 0.1) is 4.77 Å². The Bertz CT molecular complexity index is 1190. The fourth-order valence-corrected chi connectivity index (χ4v) is 2.88. The molecule has 29 heavy (non-hydrogen) atoms. The second-order valence-electron chi connectivity index (χ2n) is 5.85. The molecule has 0 aliphatic heterocycles. The van der Waals surface area contributed by atoms with Crippen molar-refractivity contribution in [1.82, 2.24) is 9.66 Å². The summed E-state index contributed by atoms with van der Waals surface area (Å²) in [5, 5.41) is 4.66. The Balaban J connectivity index is 2.03. The Labute approximate surface area is 170 Å². The summed E-state index contributed by atoms with van der Waals surface area (Å²) in [5.74, 6) is 0.210. The number of hydrogen-bond acceptors (Lipinski definition) is 7. The number of nitrogens with zero attached hydrogens (tertiary/aromatic N) is 2. The van der Waals surface area contributed by atoms with Crippen LogP contribution in [0.4, 0.5) is 0 Å². The van der Waals surface area contributed by atoms with Crippen molar-refractivity contribution < 1.29 is 19.0 Å². The number of hydrogen-bond donors (Lipinski definition) is 2. The van der Waals surface area contributed by atoms with Crippen LogP contribution in [0.25, 0.3) is 10.9 Å². The number of fused-ring (bicyclic) bond motifs is 1. The van der Waals surface area contributed by atoms with Crippen LogP contribution in [-0.4, -0.2) is 42.6 Å². The van der Waals surface area contributed by atoms with Crippen LogP contribution in [-0.2, 0) is 4.79 Å². The largest absolute Gasteiger partial charge is 0.493 e. The Morgan fingerprint density at radius 1 is 1.24 bits per heavy atom. The average Bonchev–Trinajstić information content (AvgIpc) is 2.71. The van der Waals surface area contributed by atoms with Crippen LogP contribution in [0.3, 0.4) is 0 Å². The second-order valence-corrected chi connectivity index (χ2v) is 6.23. The van der Waals surface area contributed by atoms with E-state index < -0.39 is 5.91 Å². The van der Waals surface area contributed by atoms with Crippen LogP contribution in [0.1, 0.15) is 5.56 Å². The number of ether oxygens (including phenoxy) is 3. The molecule has 0 saturated heterocycles. The van der Waals surface area contributed by atoms with Crippen LogP contribution in [0.2, 0.25) is 0 Å². The fraction of sp³-hybridized carbons (Fsp3) is 0.158. The van der Waals surface area contributed by atoms with E-state index in [0.717, 1.165) is 4.68 Å². The molecule has 0 saturated carbocycles. The van der Waals surface area contributed by atoms with E-state index >= 15 is 0 Å². The van der Waals surface area contributed by atoms with Crippen molar-refractivity contribution in [3.8, 4) is 17.2 Å². The molecule has 9 nitrogen and oxygen atoms in total. The van der Waals surface area contributed by atoms with Crippen molar-refractivity contribution in [2.24, 2.45) is 10.8 Å². The zero-order chi connectivity index (χ0) is 21.0. The Morgan fingerprint density at radius 2 is 1.90 bits per heavy atom. The van der Waals surface area contributed by atoms with Gasteiger partial charge in [-0.2, -0.15) is 9.78 Å². The predicted molar refractivity (Wildman–Crippen MR) is 111 cm³/mol. The zero-order valence-corrected chi connectivity index (χ0v) is 16.5. The summed E-state index contributed by atoms with van der Waals surface area (Å²) in [6.07, 6.45) is 1.43. The molecule has 10 heteroatoms. The maximum atomic E-state index is 12.7. The number of benzene rings is 2. The number of nitrogens with one attached hydrogen (secondary N) is 1. The number of amides is 1. The molecule has 0 unspecified atom stereocenters. The predicted octanol–water partition coefficient (Wildman–Crippen LogP) is 1.82. The maximum absolute atomic E-state index is 12.7. The van der Waals surface area contributed by atoms with Crippen molar-refractivity contribution in [3.05, 3.63) is 57.1 Å². The highest BCUT2D eigenvalue weighted by molar-refractivity contribution is 7.71. The molecular weight excluding hydrogens is 396 g/mol. The summed E-state index contributed by atoms with van der Waals surface area (Å²) in [6, 6.07) is 10.2. The molecule has 1 heterocycles. The monoisotopic (exact) mass is 414 g/mol. The van der Waals surface area contributed by atoms with Gasteiger partial charge in [-0.05, 0) is 36.5 Å². The molecule has 0 spiro atoms. The number of rotatable bonds is 7. The molecular formula is C19H18N4O5S. The molecule has 0 aliphatic carbocycles. The van der Waals surface area contributed by atoms with Gasteiger partial charge in [0.2, 0.25) is 10.5 Å². The molecule has 0 atom stereocenters. The van der Waals surface area contributed by atoms with Crippen LogP contribution in [0.5, 0.6) is 17.2 Å². The van der Waals surface area contributed by atoms with Gasteiger partial charge < -0.3 is 24.9 Å². The number of para-hydroxylation sites is 1. The van der Waals surface area contributed by atoms with E-state index in [1.54, 1.807) is 36.4 Å². The first-order valence-electron chi connectivity index (χ1n) is 8.40. The molecule has 2 aromatic carbocycles. The first-order chi connectivity index (χ1) is 13.9. The van der Waals surface area contributed by atoms with Gasteiger partial charge >= 0.3 is 0 Å². The molecule has 3 rings (SSSR count). The van der Waals surface area contributed by atoms with Crippen molar-refractivity contribution in [1.29, 1.82) is 0 Å². The Morgan fingerprint density at radius 3 is 2.52 bits per heavy atom. The van der Waals surface area contributed by atoms with Crippen molar-refractivity contribution >= 4 is 35.2 Å². The fourth-order valence-electron chi connectivity index (χ4n) is 2.64. The Kier molecular flexibility index (Phi) is 5.93. The third kappa shape index (κ3) is 4.27. The number of primary amides is 1. The molecule has 0 aliphatic rings. The van der Waals surface area contributed by atoms with Crippen LogP contribution in [0.15, 0.2) is 46.3 Å². The number of aromatic nitrogens is 2. The lowest BCUT2D eigenvalue weighted by Crippen LogP contribution is -2.20. The van der Waals surface area contributed by atoms with Gasteiger partial charge in [0.25, 0.3) is 11.5 Å². The van der Waals surface area contributed by atoms with Crippen LogP contribution < -0.4 is 25.5 Å². The lowest BCUT2D eigenvalue weighted by molar-refractivity contribution is -0.119. The molecule has 1 amide bonds. The molecule has 3 aromatic rings. The lowest BCUT2D eigenvalue weighted by Gasteiger charge is -2.14. The van der Waals surface area contributed by atoms with Gasteiger partial charge in [-0.25, -0.2) is 0 Å². The molecule has 3 N–H and O–H groups in total. The molecule has 150 valence electrons. The lowest BCUT2D eigenvalue weighted by atomic mass is 10.2. The minimum absolute atomic E-state index is 0.158. The molecule has 0 fully saturated rings. The topological polar surface area (TPSA) is 121 Å². The zero-order valence-electron chi connectivity index (χ0n) is 15.7. The summed E-state index contributed by atoms with van der Waals surface area (Å²) in [7, 11) is 2.88.